The Labute approximate surface area is 308 Å². The SMILES string of the molecule is c1ccc(-n2c3ccccc3c3cccc(-c4ccc(N(c5cccc6c5sc5ccccc56)c5cccc6c5sc5ccccc56)cc4)c32)cc1. The molecule has 4 heteroatoms. The van der Waals surface area contributed by atoms with Crippen LogP contribution in [0.5, 0.6) is 0 Å². The summed E-state index contributed by atoms with van der Waals surface area (Å²) >= 11 is 3.76. The summed E-state index contributed by atoms with van der Waals surface area (Å²) in [5.41, 5.74) is 9.54. The van der Waals surface area contributed by atoms with Crippen LogP contribution in [-0.2, 0) is 0 Å². The zero-order valence-corrected chi connectivity index (χ0v) is 29.7. The zero-order valence-electron chi connectivity index (χ0n) is 28.0. The van der Waals surface area contributed by atoms with Gasteiger partial charge in [0.05, 0.1) is 31.8 Å². The lowest BCUT2D eigenvalue weighted by molar-refractivity contribution is 1.18. The van der Waals surface area contributed by atoms with E-state index in [1.807, 2.05) is 22.7 Å². The number of anilines is 3. The number of benzene rings is 8. The first-order valence-corrected chi connectivity index (χ1v) is 19.2. The van der Waals surface area contributed by atoms with Crippen molar-refractivity contribution in [3.63, 3.8) is 0 Å². The third kappa shape index (κ3) is 4.42. The van der Waals surface area contributed by atoms with Crippen molar-refractivity contribution in [2.45, 2.75) is 0 Å². The zero-order chi connectivity index (χ0) is 34.2. The van der Waals surface area contributed by atoms with E-state index in [1.165, 1.54) is 84.7 Å². The fraction of sp³-hybridized carbons (Fsp3) is 0. The summed E-state index contributed by atoms with van der Waals surface area (Å²) in [6, 6.07) is 66.5. The number of aromatic nitrogens is 1. The maximum atomic E-state index is 2.49. The summed E-state index contributed by atoms with van der Waals surface area (Å²) in [6.45, 7) is 0. The number of hydrogen-bond donors (Lipinski definition) is 0. The molecule has 8 aromatic carbocycles. The van der Waals surface area contributed by atoms with E-state index >= 15 is 0 Å². The minimum absolute atomic E-state index is 1.13. The number of nitrogens with zero attached hydrogens (tertiary/aromatic N) is 2. The molecule has 3 aromatic heterocycles. The van der Waals surface area contributed by atoms with Crippen LogP contribution >= 0.6 is 22.7 Å². The predicted octanol–water partition coefficient (Wildman–Crippen LogP) is 14.7. The van der Waals surface area contributed by atoms with Crippen LogP contribution < -0.4 is 4.90 Å². The molecule has 0 bridgehead atoms. The van der Waals surface area contributed by atoms with Crippen molar-refractivity contribution in [3.8, 4) is 16.8 Å². The Morgan fingerprint density at radius 2 is 0.904 bits per heavy atom. The van der Waals surface area contributed by atoms with Gasteiger partial charge in [-0.15, -0.1) is 22.7 Å². The normalized spacial score (nSPS) is 11.8. The van der Waals surface area contributed by atoms with Crippen LogP contribution in [-0.4, -0.2) is 4.57 Å². The van der Waals surface area contributed by atoms with E-state index in [-0.39, 0.29) is 0 Å². The molecular weight excluding hydrogens is 669 g/mol. The molecule has 0 amide bonds. The smallest absolute Gasteiger partial charge is 0.0640 e. The maximum Gasteiger partial charge on any atom is 0.0640 e. The van der Waals surface area contributed by atoms with Gasteiger partial charge in [-0.3, -0.25) is 0 Å². The van der Waals surface area contributed by atoms with Gasteiger partial charge in [-0.2, -0.15) is 0 Å². The highest BCUT2D eigenvalue weighted by molar-refractivity contribution is 7.27. The van der Waals surface area contributed by atoms with Gasteiger partial charge in [-0.05, 0) is 60.2 Å². The average molecular weight is 699 g/mol. The van der Waals surface area contributed by atoms with E-state index < -0.39 is 0 Å². The fourth-order valence-electron chi connectivity index (χ4n) is 8.11. The van der Waals surface area contributed by atoms with E-state index in [9.17, 15) is 0 Å². The number of rotatable bonds is 5. The van der Waals surface area contributed by atoms with Crippen LogP contribution in [0.4, 0.5) is 17.1 Å². The Morgan fingerprint density at radius 1 is 0.385 bits per heavy atom. The van der Waals surface area contributed by atoms with Crippen molar-refractivity contribution in [2.24, 2.45) is 0 Å². The Hall–Kier alpha value is -6.20. The first kappa shape index (κ1) is 29.5. The van der Waals surface area contributed by atoms with Crippen molar-refractivity contribution in [1.82, 2.24) is 4.57 Å². The second-order valence-electron chi connectivity index (χ2n) is 13.3. The van der Waals surface area contributed by atoms with Crippen molar-refractivity contribution in [3.05, 3.63) is 182 Å². The van der Waals surface area contributed by atoms with Crippen molar-refractivity contribution in [2.75, 3.05) is 4.90 Å². The molecular formula is C48H30N2S2. The van der Waals surface area contributed by atoms with Gasteiger partial charge < -0.3 is 9.47 Å². The van der Waals surface area contributed by atoms with Crippen molar-refractivity contribution in [1.29, 1.82) is 0 Å². The average Bonchev–Trinajstić information content (AvgIpc) is 3.89. The number of para-hydroxylation sites is 3. The quantitative estimate of drug-likeness (QED) is 0.174. The van der Waals surface area contributed by atoms with E-state index in [2.05, 4.69) is 191 Å². The molecule has 244 valence electrons. The van der Waals surface area contributed by atoms with Gasteiger partial charge in [-0.25, -0.2) is 0 Å². The summed E-state index contributed by atoms with van der Waals surface area (Å²) < 4.78 is 7.63. The topological polar surface area (TPSA) is 8.17 Å². The van der Waals surface area contributed by atoms with Crippen LogP contribution in [0.2, 0.25) is 0 Å². The third-order valence-electron chi connectivity index (χ3n) is 10.4. The molecule has 0 atom stereocenters. The molecule has 0 saturated carbocycles. The largest absolute Gasteiger partial charge is 0.309 e. The van der Waals surface area contributed by atoms with Crippen LogP contribution in [0.3, 0.4) is 0 Å². The van der Waals surface area contributed by atoms with Gasteiger partial charge in [0.1, 0.15) is 0 Å². The van der Waals surface area contributed by atoms with Gasteiger partial charge in [0.25, 0.3) is 0 Å². The minimum Gasteiger partial charge on any atom is -0.309 e. The van der Waals surface area contributed by atoms with Crippen molar-refractivity contribution >= 4 is 102 Å². The van der Waals surface area contributed by atoms with Gasteiger partial charge >= 0.3 is 0 Å². The molecule has 0 aliphatic rings. The highest BCUT2D eigenvalue weighted by Crippen LogP contribution is 2.49. The molecule has 0 fully saturated rings. The number of fused-ring (bicyclic) bond motifs is 9. The number of hydrogen-bond acceptors (Lipinski definition) is 3. The molecule has 0 radical (unpaired) electrons. The first-order valence-electron chi connectivity index (χ1n) is 17.6. The van der Waals surface area contributed by atoms with Gasteiger partial charge in [-0.1, -0.05) is 127 Å². The molecule has 2 nitrogen and oxygen atoms in total. The number of thiophene rings is 2. The molecule has 11 rings (SSSR count). The first-order chi connectivity index (χ1) is 25.8. The second kappa shape index (κ2) is 11.7. The molecule has 3 heterocycles. The van der Waals surface area contributed by atoms with E-state index in [1.54, 1.807) is 0 Å². The van der Waals surface area contributed by atoms with E-state index in [0.717, 1.165) is 11.4 Å². The summed E-state index contributed by atoms with van der Waals surface area (Å²) in [6.07, 6.45) is 0. The van der Waals surface area contributed by atoms with E-state index in [4.69, 9.17) is 0 Å². The molecule has 0 aliphatic carbocycles. The third-order valence-corrected chi connectivity index (χ3v) is 12.8. The summed E-state index contributed by atoms with van der Waals surface area (Å²) in [4.78, 5) is 2.49. The highest BCUT2D eigenvalue weighted by Gasteiger charge is 2.22. The Balaban J connectivity index is 1.14. The Bertz CT molecular complexity index is 3020. The minimum atomic E-state index is 1.13. The van der Waals surface area contributed by atoms with E-state index in [0.29, 0.717) is 0 Å². The maximum absolute atomic E-state index is 2.49. The lowest BCUT2D eigenvalue weighted by Crippen LogP contribution is -2.10. The highest BCUT2D eigenvalue weighted by atomic mass is 32.1. The molecule has 0 aliphatic heterocycles. The predicted molar refractivity (Wildman–Crippen MR) is 227 cm³/mol. The summed E-state index contributed by atoms with van der Waals surface area (Å²) in [5.74, 6) is 0. The molecule has 0 N–H and O–H groups in total. The summed E-state index contributed by atoms with van der Waals surface area (Å²) in [5, 5.41) is 7.73. The molecule has 0 unspecified atom stereocenters. The van der Waals surface area contributed by atoms with Crippen molar-refractivity contribution < 1.29 is 0 Å². The summed E-state index contributed by atoms with van der Waals surface area (Å²) in [7, 11) is 0. The fourth-order valence-corrected chi connectivity index (χ4v) is 10.5. The van der Waals surface area contributed by atoms with Crippen LogP contribution in [0.1, 0.15) is 0 Å². The van der Waals surface area contributed by atoms with Crippen LogP contribution in [0.15, 0.2) is 182 Å². The monoisotopic (exact) mass is 698 g/mol. The van der Waals surface area contributed by atoms with Gasteiger partial charge in [0.2, 0.25) is 0 Å². The molecule has 11 aromatic rings. The van der Waals surface area contributed by atoms with Crippen LogP contribution in [0, 0.1) is 0 Å². The van der Waals surface area contributed by atoms with Crippen LogP contribution in [0.25, 0.3) is 79.0 Å². The molecule has 0 saturated heterocycles. The lowest BCUT2D eigenvalue weighted by Gasteiger charge is -2.27. The molecule has 52 heavy (non-hydrogen) atoms. The molecule has 0 spiro atoms. The van der Waals surface area contributed by atoms with Gasteiger partial charge in [0.15, 0.2) is 0 Å². The second-order valence-corrected chi connectivity index (χ2v) is 15.4. The van der Waals surface area contributed by atoms with Gasteiger partial charge in [0, 0.05) is 58.7 Å². The Kier molecular flexibility index (Phi) is 6.63. The lowest BCUT2D eigenvalue weighted by atomic mass is 10.0. The standard InChI is InChI=1S/C48H30N2S2/c1-2-13-32(14-3-1)50-41-22-7-4-15-35(41)38-19-10-18-34(46(38)50)31-27-29-33(30-28-31)49(42-23-11-20-39-36-16-5-8-25-44(36)51-47(39)42)43-24-12-21-40-37-17-6-9-26-45(37)52-48(40)43/h1-30H. The Morgan fingerprint density at radius 3 is 1.56 bits per heavy atom.